The average Bonchev–Trinajstić information content (AvgIpc) is 3.59. The van der Waals surface area contributed by atoms with E-state index in [4.69, 9.17) is 4.74 Å². The van der Waals surface area contributed by atoms with E-state index in [-0.39, 0.29) is 30.4 Å². The molecule has 3 saturated heterocycles. The van der Waals surface area contributed by atoms with Crippen molar-refractivity contribution in [2.75, 3.05) is 6.61 Å². The lowest BCUT2D eigenvalue weighted by Gasteiger charge is -2.37. The highest BCUT2D eigenvalue weighted by Gasteiger charge is 2.75. The van der Waals surface area contributed by atoms with E-state index in [1.807, 2.05) is 67.6 Å². The fourth-order valence-corrected chi connectivity index (χ4v) is 6.95. The van der Waals surface area contributed by atoms with Crippen LogP contribution in [0.3, 0.4) is 0 Å². The van der Waals surface area contributed by atoms with Crippen LogP contribution in [0.4, 0.5) is 0 Å². The van der Waals surface area contributed by atoms with E-state index in [0.717, 1.165) is 24.0 Å². The summed E-state index contributed by atoms with van der Waals surface area (Å²) < 4.78 is 6.52. The van der Waals surface area contributed by atoms with E-state index in [2.05, 4.69) is 17.6 Å². The molecule has 2 aromatic carbocycles. The lowest BCUT2D eigenvalue weighted by Crippen LogP contribution is -2.59. The summed E-state index contributed by atoms with van der Waals surface area (Å²) >= 11 is 0. The molecule has 3 heterocycles. The molecule has 3 aliphatic rings. The third-order valence-electron chi connectivity index (χ3n) is 8.63. The number of aliphatic hydroxyl groups excluding tert-OH is 1. The van der Waals surface area contributed by atoms with Crippen molar-refractivity contribution >= 4 is 17.7 Å². The van der Waals surface area contributed by atoms with Gasteiger partial charge in [-0.25, -0.2) is 0 Å². The fraction of sp³-hybridized carbons (Fsp3) is 0.516. The Labute approximate surface area is 230 Å². The molecular formula is C31H39N3O5. The Morgan fingerprint density at radius 1 is 1.08 bits per heavy atom. The van der Waals surface area contributed by atoms with Gasteiger partial charge in [-0.2, -0.15) is 0 Å². The normalized spacial score (nSPS) is 28.7. The van der Waals surface area contributed by atoms with Crippen molar-refractivity contribution in [2.45, 2.75) is 82.3 Å². The molecule has 0 saturated carbocycles. The summed E-state index contributed by atoms with van der Waals surface area (Å²) in [4.78, 5) is 43.3. The topological polar surface area (TPSA) is 108 Å². The Bertz CT molecular complexity index is 1180. The quantitative estimate of drug-likeness (QED) is 0.412. The van der Waals surface area contributed by atoms with Crippen LogP contribution in [0.5, 0.6) is 0 Å². The Morgan fingerprint density at radius 3 is 2.38 bits per heavy atom. The van der Waals surface area contributed by atoms with Gasteiger partial charge in [0.2, 0.25) is 17.7 Å². The first kappa shape index (κ1) is 27.3. The highest BCUT2D eigenvalue weighted by atomic mass is 16.5. The number of amides is 3. The molecule has 5 rings (SSSR count). The number of carbonyl (C=O) groups is 3. The van der Waals surface area contributed by atoms with Gasteiger partial charge in [0.05, 0.1) is 30.6 Å². The minimum atomic E-state index is -1.09. The van der Waals surface area contributed by atoms with E-state index in [0.29, 0.717) is 25.8 Å². The van der Waals surface area contributed by atoms with E-state index < -0.39 is 35.6 Å². The molecule has 3 unspecified atom stereocenters. The Balaban J connectivity index is 1.46. The van der Waals surface area contributed by atoms with Gasteiger partial charge in [-0.1, -0.05) is 74.0 Å². The average molecular weight is 534 g/mol. The number of carbonyl (C=O) groups excluding carboxylic acids is 3. The van der Waals surface area contributed by atoms with Gasteiger partial charge >= 0.3 is 0 Å². The number of fused-ring (bicyclic) bond motifs is 1. The third kappa shape index (κ3) is 5.08. The van der Waals surface area contributed by atoms with Crippen molar-refractivity contribution in [2.24, 2.45) is 11.8 Å². The summed E-state index contributed by atoms with van der Waals surface area (Å²) in [5, 5.41) is 16.6. The maximum Gasteiger partial charge on any atom is 0.246 e. The number of nitrogens with zero attached hydrogens (tertiary/aromatic N) is 1. The number of ether oxygens (including phenoxy) is 1. The summed E-state index contributed by atoms with van der Waals surface area (Å²) in [6.45, 7) is 4.07. The van der Waals surface area contributed by atoms with Crippen LogP contribution in [0, 0.1) is 11.8 Å². The molecule has 1 spiro atoms. The number of nitrogens with one attached hydrogen (secondary N) is 2. The van der Waals surface area contributed by atoms with Crippen molar-refractivity contribution in [3.63, 3.8) is 0 Å². The van der Waals surface area contributed by atoms with Gasteiger partial charge in [-0.15, -0.1) is 0 Å². The Kier molecular flexibility index (Phi) is 8.05. The molecule has 0 aliphatic carbocycles. The lowest BCUT2D eigenvalue weighted by molar-refractivity contribution is -0.145. The number of aliphatic hydroxyl groups is 1. The van der Waals surface area contributed by atoms with Gasteiger partial charge in [0.15, 0.2) is 0 Å². The second kappa shape index (κ2) is 11.5. The molecule has 8 heteroatoms. The molecule has 3 N–H and O–H groups in total. The SMILES string of the molecule is CCCC(C)NC(=O)C1N([C@@H](CO)Cc2ccccc2)C(=O)[C@@H]2[C@@H](C(=O)NCc3ccccc3)[C@H]3CCC12O3. The van der Waals surface area contributed by atoms with E-state index in [1.165, 1.54) is 0 Å². The Morgan fingerprint density at radius 2 is 1.74 bits per heavy atom. The predicted molar refractivity (Wildman–Crippen MR) is 146 cm³/mol. The largest absolute Gasteiger partial charge is 0.394 e. The summed E-state index contributed by atoms with van der Waals surface area (Å²) in [5.41, 5.74) is 0.838. The van der Waals surface area contributed by atoms with E-state index in [9.17, 15) is 19.5 Å². The molecule has 8 nitrogen and oxygen atoms in total. The first-order valence-electron chi connectivity index (χ1n) is 14.2. The molecule has 7 atom stereocenters. The zero-order chi connectivity index (χ0) is 27.6. The highest BCUT2D eigenvalue weighted by Crippen LogP contribution is 2.58. The van der Waals surface area contributed by atoms with Crippen molar-refractivity contribution < 1.29 is 24.2 Å². The van der Waals surface area contributed by atoms with Gasteiger partial charge in [0.25, 0.3) is 0 Å². The Hall–Kier alpha value is -3.23. The van der Waals surface area contributed by atoms with Gasteiger partial charge in [0.1, 0.15) is 11.6 Å². The number of hydrogen-bond donors (Lipinski definition) is 3. The second-order valence-corrected chi connectivity index (χ2v) is 11.2. The minimum Gasteiger partial charge on any atom is -0.394 e. The van der Waals surface area contributed by atoms with Gasteiger partial charge in [-0.3, -0.25) is 14.4 Å². The van der Waals surface area contributed by atoms with Crippen LogP contribution in [-0.4, -0.2) is 64.2 Å². The van der Waals surface area contributed by atoms with Crippen LogP contribution in [-0.2, 0) is 32.1 Å². The number of benzene rings is 2. The van der Waals surface area contributed by atoms with Crippen LogP contribution in [0.2, 0.25) is 0 Å². The summed E-state index contributed by atoms with van der Waals surface area (Å²) in [6, 6.07) is 17.7. The van der Waals surface area contributed by atoms with Crippen LogP contribution < -0.4 is 10.6 Å². The third-order valence-corrected chi connectivity index (χ3v) is 8.63. The van der Waals surface area contributed by atoms with Gasteiger partial charge < -0.3 is 25.4 Å². The summed E-state index contributed by atoms with van der Waals surface area (Å²) in [7, 11) is 0. The predicted octanol–water partition coefficient (Wildman–Crippen LogP) is 2.59. The summed E-state index contributed by atoms with van der Waals surface area (Å²) in [6.07, 6.45) is 2.84. The van der Waals surface area contributed by atoms with E-state index >= 15 is 0 Å². The minimum absolute atomic E-state index is 0.0693. The molecule has 3 amide bonds. The number of likely N-dealkylation sites (tertiary alicyclic amines) is 1. The second-order valence-electron chi connectivity index (χ2n) is 11.2. The zero-order valence-corrected chi connectivity index (χ0v) is 22.7. The molecule has 3 aliphatic heterocycles. The monoisotopic (exact) mass is 533 g/mol. The number of rotatable bonds is 11. The van der Waals surface area contributed by atoms with Crippen LogP contribution in [0.1, 0.15) is 50.7 Å². The molecule has 208 valence electrons. The number of hydrogen-bond acceptors (Lipinski definition) is 5. The van der Waals surface area contributed by atoms with Crippen molar-refractivity contribution in [3.8, 4) is 0 Å². The summed E-state index contributed by atoms with van der Waals surface area (Å²) in [5.74, 6) is -2.24. The molecular weight excluding hydrogens is 494 g/mol. The molecule has 2 bridgehead atoms. The molecule has 0 aromatic heterocycles. The highest BCUT2D eigenvalue weighted by molar-refractivity contribution is 5.99. The van der Waals surface area contributed by atoms with Gasteiger partial charge in [-0.05, 0) is 43.7 Å². The maximum atomic E-state index is 14.3. The van der Waals surface area contributed by atoms with Crippen molar-refractivity contribution in [1.29, 1.82) is 0 Å². The molecule has 0 radical (unpaired) electrons. The first-order chi connectivity index (χ1) is 18.9. The maximum absolute atomic E-state index is 14.3. The molecule has 39 heavy (non-hydrogen) atoms. The molecule has 2 aromatic rings. The lowest BCUT2D eigenvalue weighted by atomic mass is 9.70. The van der Waals surface area contributed by atoms with Crippen molar-refractivity contribution in [3.05, 3.63) is 71.8 Å². The smallest absolute Gasteiger partial charge is 0.246 e. The van der Waals surface area contributed by atoms with Crippen LogP contribution in [0.15, 0.2) is 60.7 Å². The van der Waals surface area contributed by atoms with Crippen LogP contribution >= 0.6 is 0 Å². The molecule has 3 fully saturated rings. The first-order valence-corrected chi connectivity index (χ1v) is 14.2. The standard InChI is InChI=1S/C31H39N3O5/c1-3-10-20(2)33-29(37)27-31-16-15-24(39-31)25(28(36)32-18-22-13-8-5-9-14-22)26(31)30(38)34(27)23(19-35)17-21-11-6-4-7-12-21/h4-9,11-14,20,23-27,35H,3,10,15-19H2,1-2H3,(H,32,36)(H,33,37)/t20?,23-,24-,25+,26+,27?,31?/m1/s1. The van der Waals surface area contributed by atoms with Crippen LogP contribution in [0.25, 0.3) is 0 Å². The fourth-order valence-electron chi connectivity index (χ4n) is 6.95. The van der Waals surface area contributed by atoms with Crippen molar-refractivity contribution in [1.82, 2.24) is 15.5 Å². The van der Waals surface area contributed by atoms with Gasteiger partial charge in [0, 0.05) is 12.6 Å². The van der Waals surface area contributed by atoms with E-state index in [1.54, 1.807) is 4.90 Å². The zero-order valence-electron chi connectivity index (χ0n) is 22.7.